The predicted octanol–water partition coefficient (Wildman–Crippen LogP) is 4.73. The Labute approximate surface area is 216 Å². The van der Waals surface area contributed by atoms with Crippen LogP contribution in [0.5, 0.6) is 5.75 Å². The second kappa shape index (κ2) is 9.64. The number of amidine groups is 1. The van der Waals surface area contributed by atoms with Crippen LogP contribution in [0.1, 0.15) is 32.8 Å². The van der Waals surface area contributed by atoms with E-state index >= 15 is 4.39 Å². The van der Waals surface area contributed by atoms with E-state index in [4.69, 9.17) is 10.3 Å². The van der Waals surface area contributed by atoms with Gasteiger partial charge in [-0.15, -0.1) is 0 Å². The van der Waals surface area contributed by atoms with Crippen molar-refractivity contribution in [2.24, 2.45) is 15.1 Å². The largest absolute Gasteiger partial charge is 0.481 e. The first-order valence-electron chi connectivity index (χ1n) is 11.5. The molecule has 3 aromatic rings. The van der Waals surface area contributed by atoms with E-state index in [-0.39, 0.29) is 40.2 Å². The van der Waals surface area contributed by atoms with Crippen molar-refractivity contribution in [3.05, 3.63) is 48.0 Å². The summed E-state index contributed by atoms with van der Waals surface area (Å²) in [6.07, 6.45) is -1.99. The number of hydrogen-bond donors (Lipinski definition) is 1. The van der Waals surface area contributed by atoms with Gasteiger partial charge < -0.3 is 15.0 Å². The van der Waals surface area contributed by atoms with E-state index in [0.29, 0.717) is 12.0 Å². The third-order valence-corrected chi connectivity index (χ3v) is 9.85. The van der Waals surface area contributed by atoms with Gasteiger partial charge in [-0.05, 0) is 38.5 Å². The minimum absolute atomic E-state index is 0.0146. The van der Waals surface area contributed by atoms with Gasteiger partial charge in [0.1, 0.15) is 21.9 Å². The van der Waals surface area contributed by atoms with Gasteiger partial charge in [0.2, 0.25) is 0 Å². The molecule has 1 unspecified atom stereocenters. The first-order chi connectivity index (χ1) is 17.7. The Hall–Kier alpha value is -3.55. The molecule has 0 amide bonds. The monoisotopic (exact) mass is 554 g/mol. The Morgan fingerprint density at radius 1 is 1.21 bits per heavy atom. The van der Waals surface area contributed by atoms with Crippen molar-refractivity contribution in [1.82, 2.24) is 15.1 Å². The fourth-order valence-electron chi connectivity index (χ4n) is 4.11. The molecule has 204 valence electrons. The minimum atomic E-state index is -4.49. The van der Waals surface area contributed by atoms with Crippen LogP contribution in [0.25, 0.3) is 22.8 Å². The van der Waals surface area contributed by atoms with Gasteiger partial charge in [0.05, 0.1) is 27.9 Å². The molecule has 9 nitrogen and oxygen atoms in total. The first-order valence-corrected chi connectivity index (χ1v) is 13.2. The minimum Gasteiger partial charge on any atom is -0.481 e. The summed E-state index contributed by atoms with van der Waals surface area (Å²) in [5.41, 5.74) is 5.88. The summed E-state index contributed by atoms with van der Waals surface area (Å²) >= 11 is 0. The quantitative estimate of drug-likeness (QED) is 0.436. The molecule has 0 bridgehead atoms. The number of alkyl halides is 3. The van der Waals surface area contributed by atoms with Crippen molar-refractivity contribution in [1.29, 1.82) is 0 Å². The molecule has 14 heteroatoms. The molecule has 3 heterocycles. The molecule has 2 N–H and O–H groups in total. The normalized spacial score (nSPS) is 23.1. The number of nitrogens with zero attached hydrogens (tertiary/aromatic N) is 5. The Morgan fingerprint density at radius 3 is 2.50 bits per heavy atom. The van der Waals surface area contributed by atoms with E-state index in [0.717, 1.165) is 12.4 Å². The van der Waals surface area contributed by atoms with Crippen molar-refractivity contribution in [3.8, 4) is 28.6 Å². The summed E-state index contributed by atoms with van der Waals surface area (Å²) in [6.45, 7) is 3.76. The summed E-state index contributed by atoms with van der Waals surface area (Å²) < 4.78 is 79.2. The number of nitrogens with two attached hydrogens (primary N) is 1. The molecule has 0 saturated heterocycles. The number of halogens is 4. The molecule has 0 spiro atoms. The van der Waals surface area contributed by atoms with Crippen molar-refractivity contribution in [2.75, 3.05) is 19.4 Å². The molecular weight excluding hydrogens is 528 g/mol. The van der Waals surface area contributed by atoms with Crippen LogP contribution in [0.4, 0.5) is 17.6 Å². The fraction of sp³-hybridized carbons (Fsp3) is 0.417. The molecule has 0 aliphatic carbocycles. The first kappa shape index (κ1) is 27.5. The lowest BCUT2D eigenvalue weighted by molar-refractivity contribution is -0.153. The number of hydrogen-bond acceptors (Lipinski definition) is 9. The lowest BCUT2D eigenvalue weighted by atomic mass is 9.87. The van der Waals surface area contributed by atoms with E-state index in [1.165, 1.54) is 25.2 Å². The van der Waals surface area contributed by atoms with Gasteiger partial charge in [-0.2, -0.15) is 13.2 Å². The highest BCUT2D eigenvalue weighted by atomic mass is 32.2. The van der Waals surface area contributed by atoms with Crippen LogP contribution in [-0.2, 0) is 15.3 Å². The third-order valence-electron chi connectivity index (χ3n) is 6.59. The zero-order chi connectivity index (χ0) is 27.9. The zero-order valence-corrected chi connectivity index (χ0v) is 21.9. The van der Waals surface area contributed by atoms with Crippen molar-refractivity contribution >= 4 is 15.6 Å². The Kier molecular flexibility index (Phi) is 6.97. The second-order valence-corrected chi connectivity index (χ2v) is 12.2. The molecular formula is C24H26F4N6O3S. The Balaban J connectivity index is 1.68. The predicted molar refractivity (Wildman–Crippen MR) is 134 cm³/mol. The van der Waals surface area contributed by atoms with Gasteiger partial charge in [0.25, 0.3) is 0 Å². The van der Waals surface area contributed by atoms with Crippen LogP contribution in [0.15, 0.2) is 50.5 Å². The number of aromatic nitrogens is 3. The topological polar surface area (TPSA) is 129 Å². The number of benzene rings is 1. The number of rotatable bonds is 6. The maximum atomic E-state index is 15.2. The molecule has 0 fully saturated rings. The van der Waals surface area contributed by atoms with Crippen LogP contribution >= 0.6 is 0 Å². The summed E-state index contributed by atoms with van der Waals surface area (Å²) in [4.78, 5) is 12.6. The van der Waals surface area contributed by atoms with E-state index in [9.17, 15) is 17.4 Å². The molecule has 0 saturated carbocycles. The van der Waals surface area contributed by atoms with Crippen LogP contribution < -0.4 is 10.5 Å². The molecule has 2 aromatic heterocycles. The number of aliphatic imine (C=N–C) groups is 1. The maximum Gasteiger partial charge on any atom is 0.422 e. The van der Waals surface area contributed by atoms with E-state index in [1.54, 1.807) is 19.9 Å². The van der Waals surface area contributed by atoms with Crippen LogP contribution in [0.3, 0.4) is 0 Å². The number of ether oxygens (including phenoxy) is 1. The van der Waals surface area contributed by atoms with Gasteiger partial charge in [-0.25, -0.2) is 22.9 Å². The van der Waals surface area contributed by atoms with Crippen LogP contribution in [0, 0.1) is 5.82 Å². The molecule has 4 rings (SSSR count). The summed E-state index contributed by atoms with van der Waals surface area (Å²) in [5.74, 6) is -0.256. The highest BCUT2D eigenvalue weighted by molar-refractivity contribution is 7.95. The summed E-state index contributed by atoms with van der Waals surface area (Å²) in [6, 6.07) is 5.79. The van der Waals surface area contributed by atoms with Gasteiger partial charge in [-0.3, -0.25) is 4.99 Å². The average Bonchev–Trinajstić information content (AvgIpc) is 3.36. The maximum absolute atomic E-state index is 15.2. The lowest BCUT2D eigenvalue weighted by Crippen LogP contribution is -2.55. The molecule has 0 radical (unpaired) electrons. The van der Waals surface area contributed by atoms with E-state index < -0.39 is 38.6 Å². The van der Waals surface area contributed by atoms with Crippen LogP contribution in [0.2, 0.25) is 0 Å². The molecule has 38 heavy (non-hydrogen) atoms. The Bertz CT molecular complexity index is 1490. The molecule has 1 aromatic carbocycles. The van der Waals surface area contributed by atoms with Gasteiger partial charge in [0, 0.05) is 24.2 Å². The van der Waals surface area contributed by atoms with E-state index in [1.807, 2.05) is 6.92 Å². The lowest BCUT2D eigenvalue weighted by Gasteiger charge is -2.42. The van der Waals surface area contributed by atoms with E-state index in [2.05, 4.69) is 29.2 Å². The highest BCUT2D eigenvalue weighted by Crippen LogP contribution is 2.42. The van der Waals surface area contributed by atoms with Gasteiger partial charge >= 0.3 is 6.18 Å². The molecule has 1 aliphatic heterocycles. The summed E-state index contributed by atoms with van der Waals surface area (Å²) in [7, 11) is -1.43. The second-order valence-electron chi connectivity index (χ2n) is 9.28. The zero-order valence-electron chi connectivity index (χ0n) is 21.0. The fourth-order valence-corrected chi connectivity index (χ4v) is 6.50. The molecule has 2 atom stereocenters. The van der Waals surface area contributed by atoms with Crippen molar-refractivity contribution < 1.29 is 31.0 Å². The van der Waals surface area contributed by atoms with Crippen molar-refractivity contribution in [2.45, 2.75) is 43.7 Å². The van der Waals surface area contributed by atoms with Gasteiger partial charge in [-0.1, -0.05) is 12.1 Å². The smallest absolute Gasteiger partial charge is 0.422 e. The average molecular weight is 555 g/mol. The van der Waals surface area contributed by atoms with Crippen molar-refractivity contribution in [3.63, 3.8) is 0 Å². The SMILES string of the molecule is CC[C@@]1(c2cc(-c3cc(-c4ncc(OCC(F)(F)F)cn4)no3)ccc2F)CS(=O)(=NC)C(C)(C)C(N)=N1. The third kappa shape index (κ3) is 4.96. The standard InChI is InChI=1S/C24H26F4N6O3S/c1-5-23(13-38(35,30-4)22(2,3)21(29)33-23)16-8-14(6-7-17(16)25)19-9-18(34-37-19)20-31-10-15(11-32-20)36-12-24(26,27)28/h6-11H,5,12-13H2,1-4H3,(H2,29,33)/t23-,38?/m0/s1. The summed E-state index contributed by atoms with van der Waals surface area (Å²) in [5, 5.41) is 3.92. The Morgan fingerprint density at radius 2 is 1.89 bits per heavy atom. The van der Waals surface area contributed by atoms with Gasteiger partial charge in [0.15, 0.2) is 29.6 Å². The van der Waals surface area contributed by atoms with Crippen LogP contribution in [-0.4, -0.2) is 55.5 Å². The highest BCUT2D eigenvalue weighted by Gasteiger charge is 2.49. The molecule has 1 aliphatic rings.